The minimum absolute atomic E-state index is 0.312. The van der Waals surface area contributed by atoms with Gasteiger partial charge in [0.2, 0.25) is 0 Å². The molecule has 0 spiro atoms. The Balaban J connectivity index is 0.000000325. The lowest BCUT2D eigenvalue weighted by molar-refractivity contribution is 0.464. The van der Waals surface area contributed by atoms with Crippen LogP contribution in [0.1, 0.15) is 6.92 Å². The van der Waals surface area contributed by atoms with Crippen LogP contribution in [-0.4, -0.2) is 39.9 Å². The average molecular weight is 245 g/mol. The van der Waals surface area contributed by atoms with Crippen molar-refractivity contribution in [1.82, 2.24) is 4.48 Å². The maximum absolute atomic E-state index is 9.44. The van der Waals surface area contributed by atoms with Crippen LogP contribution >= 0.6 is 0 Å². The van der Waals surface area contributed by atoms with Gasteiger partial charge in [0.15, 0.2) is 0 Å². The molecular weight excluding hydrogens is 226 g/mol. The fourth-order valence-corrected chi connectivity index (χ4v) is 0.875. The lowest BCUT2D eigenvalue weighted by Crippen LogP contribution is -2.34. The molecule has 5 heteroatoms. The third-order valence-corrected chi connectivity index (χ3v) is 2.59. The second-order valence-electron chi connectivity index (χ2n) is 4.19. The first-order valence-electron chi connectivity index (χ1n) is 4.97. The monoisotopic (exact) mass is 245 g/mol. The van der Waals surface area contributed by atoms with Gasteiger partial charge in [-0.1, -0.05) is 25.1 Å². The summed E-state index contributed by atoms with van der Waals surface area (Å²) < 4.78 is 29.2. The zero-order valence-corrected chi connectivity index (χ0v) is 11.0. The molecule has 0 amide bonds. The lowest BCUT2D eigenvalue weighted by Gasteiger charge is -2.22. The highest BCUT2D eigenvalue weighted by molar-refractivity contribution is 7.85. The minimum atomic E-state index is -3.91. The molecule has 0 unspecified atom stereocenters. The van der Waals surface area contributed by atoms with E-state index in [-0.39, 0.29) is 5.75 Å². The summed E-state index contributed by atoms with van der Waals surface area (Å²) >= 11 is 0. The molecule has 92 valence electrons. The largest absolute Gasteiger partial charge is 0.748 e. The van der Waals surface area contributed by atoms with Gasteiger partial charge in [-0.05, 0) is 12.1 Å². The van der Waals surface area contributed by atoms with Crippen LogP contribution in [0.4, 0.5) is 5.69 Å². The van der Waals surface area contributed by atoms with Crippen molar-refractivity contribution in [2.45, 2.75) is 6.92 Å². The van der Waals surface area contributed by atoms with Crippen molar-refractivity contribution in [3.8, 4) is 0 Å². The van der Waals surface area contributed by atoms with Crippen LogP contribution in [0.2, 0.25) is 0 Å². The lowest BCUT2D eigenvalue weighted by atomic mass is 10.3. The number of rotatable bonds is 2. The zero-order chi connectivity index (χ0) is 12.8. The van der Waals surface area contributed by atoms with Gasteiger partial charge in [0.1, 0.15) is 5.69 Å². The van der Waals surface area contributed by atoms with Crippen LogP contribution in [0, 0.1) is 0 Å². The van der Waals surface area contributed by atoms with Gasteiger partial charge in [0.05, 0.1) is 31.3 Å². The summed E-state index contributed by atoms with van der Waals surface area (Å²) in [5, 5.41) is 0. The molecule has 1 aromatic carbocycles. The van der Waals surface area contributed by atoms with Crippen LogP contribution in [0.3, 0.4) is 0 Å². The van der Waals surface area contributed by atoms with E-state index in [4.69, 9.17) is 0 Å². The highest BCUT2D eigenvalue weighted by Gasteiger charge is 2.08. The van der Waals surface area contributed by atoms with E-state index in [2.05, 4.69) is 45.4 Å². The minimum Gasteiger partial charge on any atom is -0.748 e. The summed E-state index contributed by atoms with van der Waals surface area (Å²) in [6, 6.07) is 10.5. The molecule has 0 saturated heterocycles. The van der Waals surface area contributed by atoms with E-state index in [1.54, 1.807) is 0 Å². The molecule has 0 atom stereocenters. The Morgan fingerprint density at radius 1 is 1.12 bits per heavy atom. The van der Waals surface area contributed by atoms with Crippen LogP contribution in [0.25, 0.3) is 0 Å². The molecule has 0 bridgehead atoms. The maximum Gasteiger partial charge on any atom is 0.132 e. The van der Waals surface area contributed by atoms with Crippen LogP contribution in [0.15, 0.2) is 30.3 Å². The number of hydrogen-bond donors (Lipinski definition) is 0. The predicted octanol–water partition coefficient (Wildman–Crippen LogP) is 1.43. The molecule has 0 radical (unpaired) electrons. The normalized spacial score (nSPS) is 11.6. The van der Waals surface area contributed by atoms with Crippen molar-refractivity contribution in [3.05, 3.63) is 30.3 Å². The van der Waals surface area contributed by atoms with E-state index in [0.29, 0.717) is 0 Å². The van der Waals surface area contributed by atoms with Crippen molar-refractivity contribution in [2.75, 3.05) is 26.9 Å². The van der Waals surface area contributed by atoms with Gasteiger partial charge in [-0.3, -0.25) is 4.48 Å². The quantitative estimate of drug-likeness (QED) is 0.585. The van der Waals surface area contributed by atoms with Gasteiger partial charge in [0.25, 0.3) is 0 Å². The van der Waals surface area contributed by atoms with Gasteiger partial charge in [-0.25, -0.2) is 8.42 Å². The molecule has 0 aromatic heterocycles. The SMILES string of the molecule is CCS(=O)(=O)[O-].C[N+](C)(C)c1ccccc1. The third kappa shape index (κ3) is 7.39. The molecule has 0 aliphatic rings. The Bertz CT molecular complexity index is 393. The highest BCUT2D eigenvalue weighted by atomic mass is 32.2. The summed E-state index contributed by atoms with van der Waals surface area (Å²) in [7, 11) is 2.57. The molecule has 16 heavy (non-hydrogen) atoms. The number of nitrogens with zero attached hydrogens (tertiary/aromatic N) is 1. The van der Waals surface area contributed by atoms with Gasteiger partial charge in [0, 0.05) is 5.75 Å². The van der Waals surface area contributed by atoms with Crippen molar-refractivity contribution in [2.24, 2.45) is 0 Å². The molecule has 4 nitrogen and oxygen atoms in total. The summed E-state index contributed by atoms with van der Waals surface area (Å²) in [4.78, 5) is 0. The molecular formula is C11H19NO3S. The fraction of sp³-hybridized carbons (Fsp3) is 0.455. The summed E-state index contributed by atoms with van der Waals surface area (Å²) in [6.45, 7) is 1.31. The van der Waals surface area contributed by atoms with E-state index in [1.807, 2.05) is 6.07 Å². The standard InChI is InChI=1S/C9H14N.C2H6O3S/c1-10(2,3)9-7-5-4-6-8-9;1-2-6(3,4)5/h4-8H,1-3H3;2H2,1H3,(H,3,4,5)/q+1;/p-1. The second kappa shape index (κ2) is 5.98. The summed E-state index contributed by atoms with van der Waals surface area (Å²) in [5.41, 5.74) is 1.34. The summed E-state index contributed by atoms with van der Waals surface area (Å²) in [6.07, 6.45) is 0. The van der Waals surface area contributed by atoms with E-state index in [9.17, 15) is 13.0 Å². The van der Waals surface area contributed by atoms with Gasteiger partial charge >= 0.3 is 0 Å². The van der Waals surface area contributed by atoms with Crippen LogP contribution < -0.4 is 4.48 Å². The maximum atomic E-state index is 9.44. The summed E-state index contributed by atoms with van der Waals surface area (Å²) in [5.74, 6) is -0.312. The first-order valence-corrected chi connectivity index (χ1v) is 6.55. The number of para-hydroxylation sites is 1. The van der Waals surface area contributed by atoms with E-state index in [0.717, 1.165) is 4.48 Å². The first-order chi connectivity index (χ1) is 7.17. The molecule has 1 aromatic rings. The third-order valence-electron chi connectivity index (χ3n) is 1.88. The van der Waals surface area contributed by atoms with E-state index < -0.39 is 10.1 Å². The van der Waals surface area contributed by atoms with Crippen molar-refractivity contribution < 1.29 is 13.0 Å². The Kier molecular flexibility index (Phi) is 5.64. The van der Waals surface area contributed by atoms with Crippen molar-refractivity contribution in [3.63, 3.8) is 0 Å². The van der Waals surface area contributed by atoms with Gasteiger partial charge < -0.3 is 4.55 Å². The molecule has 0 fully saturated rings. The topological polar surface area (TPSA) is 57.2 Å². The molecule has 0 aliphatic carbocycles. The zero-order valence-electron chi connectivity index (χ0n) is 10.2. The van der Waals surface area contributed by atoms with E-state index >= 15 is 0 Å². The number of hydrogen-bond acceptors (Lipinski definition) is 3. The molecule has 0 aliphatic heterocycles. The predicted molar refractivity (Wildman–Crippen MR) is 66.2 cm³/mol. The van der Waals surface area contributed by atoms with Crippen molar-refractivity contribution >= 4 is 15.8 Å². The molecule has 1 rings (SSSR count). The Labute approximate surface area is 97.9 Å². The van der Waals surface area contributed by atoms with Crippen LogP contribution in [0.5, 0.6) is 0 Å². The smallest absolute Gasteiger partial charge is 0.132 e. The van der Waals surface area contributed by atoms with Gasteiger partial charge in [-0.15, -0.1) is 0 Å². The number of benzene rings is 1. The Hall–Kier alpha value is -0.910. The highest BCUT2D eigenvalue weighted by Crippen LogP contribution is 2.14. The molecule has 0 heterocycles. The Morgan fingerprint density at radius 2 is 1.50 bits per heavy atom. The fourth-order valence-electron chi connectivity index (χ4n) is 0.875. The molecule has 0 saturated carbocycles. The Morgan fingerprint density at radius 3 is 1.69 bits per heavy atom. The second-order valence-corrected chi connectivity index (χ2v) is 5.89. The van der Waals surface area contributed by atoms with Crippen molar-refractivity contribution in [1.29, 1.82) is 0 Å². The average Bonchev–Trinajstić information content (AvgIpc) is 2.18. The number of quaternary nitrogens is 1. The van der Waals surface area contributed by atoms with E-state index in [1.165, 1.54) is 12.6 Å². The van der Waals surface area contributed by atoms with Gasteiger partial charge in [-0.2, -0.15) is 0 Å². The van der Waals surface area contributed by atoms with Crippen LogP contribution in [-0.2, 0) is 10.1 Å². The molecule has 0 N–H and O–H groups in total. The first kappa shape index (κ1) is 15.1.